The average molecular weight is 308 g/mol. The number of aliphatic hydroxyl groups is 1. The van der Waals surface area contributed by atoms with Crippen LogP contribution in [0.5, 0.6) is 0 Å². The molecule has 4 unspecified atom stereocenters. The van der Waals surface area contributed by atoms with Crippen LogP contribution in [0.25, 0.3) is 0 Å². The molecule has 3 heteroatoms. The van der Waals surface area contributed by atoms with Crippen molar-refractivity contribution in [3.8, 4) is 0 Å². The van der Waals surface area contributed by atoms with Gasteiger partial charge in [-0.15, -0.1) is 0 Å². The summed E-state index contributed by atoms with van der Waals surface area (Å²) in [5.41, 5.74) is 3.00. The summed E-state index contributed by atoms with van der Waals surface area (Å²) in [7, 11) is 0. The van der Waals surface area contributed by atoms with Crippen LogP contribution in [0.4, 0.5) is 0 Å². The van der Waals surface area contributed by atoms with Crippen LogP contribution in [-0.2, 0) is 0 Å². The van der Waals surface area contributed by atoms with Gasteiger partial charge in [0.2, 0.25) is 0 Å². The molecular formula is C18H29NOS. The van der Waals surface area contributed by atoms with Gasteiger partial charge in [0.15, 0.2) is 0 Å². The van der Waals surface area contributed by atoms with E-state index in [0.29, 0.717) is 29.1 Å². The number of benzene rings is 1. The van der Waals surface area contributed by atoms with Gasteiger partial charge in [-0.1, -0.05) is 45.0 Å². The van der Waals surface area contributed by atoms with Gasteiger partial charge < -0.3 is 10.4 Å². The zero-order valence-corrected chi connectivity index (χ0v) is 14.3. The van der Waals surface area contributed by atoms with E-state index in [-0.39, 0.29) is 0 Å². The zero-order valence-electron chi connectivity index (χ0n) is 13.5. The van der Waals surface area contributed by atoms with Gasteiger partial charge in [-0.2, -0.15) is 11.8 Å². The fourth-order valence-electron chi connectivity index (χ4n) is 3.28. The van der Waals surface area contributed by atoms with Crippen molar-refractivity contribution < 1.29 is 5.11 Å². The van der Waals surface area contributed by atoms with Crippen LogP contribution < -0.4 is 5.32 Å². The molecule has 2 nitrogen and oxygen atoms in total. The highest BCUT2D eigenvalue weighted by Crippen LogP contribution is 2.44. The molecule has 0 heterocycles. The van der Waals surface area contributed by atoms with Crippen LogP contribution >= 0.6 is 11.8 Å². The Morgan fingerprint density at radius 3 is 2.71 bits per heavy atom. The molecule has 0 aromatic heterocycles. The van der Waals surface area contributed by atoms with E-state index in [4.69, 9.17) is 5.11 Å². The Bertz CT molecular complexity index is 437. The van der Waals surface area contributed by atoms with Crippen molar-refractivity contribution in [2.24, 2.45) is 0 Å². The maximum atomic E-state index is 9.15. The Morgan fingerprint density at radius 2 is 2.05 bits per heavy atom. The Balaban J connectivity index is 2.19. The zero-order chi connectivity index (χ0) is 15.2. The second-order valence-electron chi connectivity index (χ2n) is 6.19. The largest absolute Gasteiger partial charge is 0.396 e. The van der Waals surface area contributed by atoms with Gasteiger partial charge in [-0.25, -0.2) is 0 Å². The van der Waals surface area contributed by atoms with Crippen molar-refractivity contribution in [3.05, 3.63) is 35.4 Å². The number of nitrogens with one attached hydrogen (secondary N) is 1. The van der Waals surface area contributed by atoms with E-state index >= 15 is 0 Å². The minimum atomic E-state index is 0.292. The summed E-state index contributed by atoms with van der Waals surface area (Å²) >= 11 is 2.05. The molecule has 0 saturated carbocycles. The minimum Gasteiger partial charge on any atom is -0.396 e. The highest BCUT2D eigenvalue weighted by atomic mass is 32.2. The van der Waals surface area contributed by atoms with Gasteiger partial charge in [0.25, 0.3) is 0 Å². The molecule has 1 aromatic rings. The Morgan fingerprint density at radius 1 is 1.33 bits per heavy atom. The third-order valence-electron chi connectivity index (χ3n) is 4.38. The number of hydrogen-bond acceptors (Lipinski definition) is 3. The third kappa shape index (κ3) is 4.24. The Labute approximate surface area is 133 Å². The summed E-state index contributed by atoms with van der Waals surface area (Å²) in [4.78, 5) is 0. The predicted octanol–water partition coefficient (Wildman–Crippen LogP) is 4.11. The van der Waals surface area contributed by atoms with E-state index in [1.807, 2.05) is 11.8 Å². The maximum absolute atomic E-state index is 9.15. The summed E-state index contributed by atoms with van der Waals surface area (Å²) in [5.74, 6) is 0.625. The molecule has 21 heavy (non-hydrogen) atoms. The monoisotopic (exact) mass is 307 g/mol. The van der Waals surface area contributed by atoms with Gasteiger partial charge in [0, 0.05) is 23.1 Å². The summed E-state index contributed by atoms with van der Waals surface area (Å²) in [6.45, 7) is 8.17. The molecule has 2 rings (SSSR count). The van der Waals surface area contributed by atoms with Gasteiger partial charge in [0.1, 0.15) is 0 Å². The van der Waals surface area contributed by atoms with Gasteiger partial charge in [-0.05, 0) is 42.9 Å². The molecule has 0 spiro atoms. The van der Waals surface area contributed by atoms with Crippen LogP contribution in [0.15, 0.2) is 24.3 Å². The molecule has 1 aliphatic carbocycles. The fraction of sp³-hybridized carbons (Fsp3) is 0.667. The molecule has 4 atom stereocenters. The Hall–Kier alpha value is -0.510. The van der Waals surface area contributed by atoms with Gasteiger partial charge in [0.05, 0.1) is 0 Å². The lowest BCUT2D eigenvalue weighted by Crippen LogP contribution is -2.36. The lowest BCUT2D eigenvalue weighted by Gasteiger charge is -2.38. The van der Waals surface area contributed by atoms with Crippen molar-refractivity contribution in [1.82, 2.24) is 5.32 Å². The first-order valence-electron chi connectivity index (χ1n) is 8.25. The maximum Gasteiger partial charge on any atom is 0.0443 e. The van der Waals surface area contributed by atoms with E-state index in [0.717, 1.165) is 19.4 Å². The number of aliphatic hydroxyl groups excluding tert-OH is 1. The number of fused-ring (bicyclic) bond motifs is 1. The molecule has 0 fully saturated rings. The van der Waals surface area contributed by atoms with Crippen molar-refractivity contribution in [3.63, 3.8) is 0 Å². The van der Waals surface area contributed by atoms with Crippen molar-refractivity contribution in [2.45, 2.75) is 62.5 Å². The predicted molar refractivity (Wildman–Crippen MR) is 93.1 cm³/mol. The SMILES string of the molecule is CCCNC1c2ccccc2C(C)CC1SC(C)CCO. The van der Waals surface area contributed by atoms with Gasteiger partial charge in [-0.3, -0.25) is 0 Å². The summed E-state index contributed by atoms with van der Waals surface area (Å²) in [6.07, 6.45) is 3.27. The van der Waals surface area contributed by atoms with Crippen LogP contribution in [0.3, 0.4) is 0 Å². The standard InChI is InChI=1S/C18H29NOS/c1-4-10-19-18-16-8-6-5-7-15(16)13(2)12-17(18)21-14(3)9-11-20/h5-8,13-14,17-20H,4,9-12H2,1-3H3. The quantitative estimate of drug-likeness (QED) is 0.795. The van der Waals surface area contributed by atoms with E-state index in [9.17, 15) is 0 Å². The van der Waals surface area contributed by atoms with Crippen molar-refractivity contribution >= 4 is 11.8 Å². The third-order valence-corrected chi connectivity index (χ3v) is 5.89. The second kappa shape index (κ2) is 8.21. The van der Waals surface area contributed by atoms with Gasteiger partial charge >= 0.3 is 0 Å². The first-order valence-corrected chi connectivity index (χ1v) is 9.20. The smallest absolute Gasteiger partial charge is 0.0443 e. The van der Waals surface area contributed by atoms with Crippen LogP contribution in [-0.4, -0.2) is 28.8 Å². The fourth-order valence-corrected chi connectivity index (χ4v) is 4.92. The van der Waals surface area contributed by atoms with E-state index < -0.39 is 0 Å². The summed E-state index contributed by atoms with van der Waals surface area (Å²) < 4.78 is 0. The van der Waals surface area contributed by atoms with Crippen LogP contribution in [0.1, 0.15) is 63.1 Å². The minimum absolute atomic E-state index is 0.292. The van der Waals surface area contributed by atoms with Crippen LogP contribution in [0.2, 0.25) is 0 Å². The Kier molecular flexibility index (Phi) is 6.59. The number of thioether (sulfide) groups is 1. The highest BCUT2D eigenvalue weighted by molar-refractivity contribution is 8.00. The molecule has 0 saturated heterocycles. The summed E-state index contributed by atoms with van der Waals surface area (Å²) in [6, 6.07) is 9.36. The van der Waals surface area contributed by atoms with E-state index in [1.54, 1.807) is 0 Å². The molecule has 0 bridgehead atoms. The lowest BCUT2D eigenvalue weighted by atomic mass is 9.80. The topological polar surface area (TPSA) is 32.3 Å². The van der Waals surface area contributed by atoms with Crippen molar-refractivity contribution in [2.75, 3.05) is 13.2 Å². The molecular weight excluding hydrogens is 278 g/mol. The van der Waals surface area contributed by atoms with E-state index in [1.165, 1.54) is 17.5 Å². The first-order chi connectivity index (χ1) is 10.2. The molecule has 1 aliphatic rings. The van der Waals surface area contributed by atoms with Crippen molar-refractivity contribution in [1.29, 1.82) is 0 Å². The molecule has 118 valence electrons. The molecule has 0 aliphatic heterocycles. The van der Waals surface area contributed by atoms with E-state index in [2.05, 4.69) is 50.4 Å². The molecule has 0 radical (unpaired) electrons. The lowest BCUT2D eigenvalue weighted by molar-refractivity contribution is 0.288. The number of rotatable bonds is 7. The number of hydrogen-bond donors (Lipinski definition) is 2. The molecule has 2 N–H and O–H groups in total. The van der Waals surface area contributed by atoms with Crippen LogP contribution in [0, 0.1) is 0 Å². The summed E-state index contributed by atoms with van der Waals surface area (Å²) in [5, 5.41) is 14.0. The molecule has 1 aromatic carbocycles. The normalized spacial score (nSPS) is 26.4. The first kappa shape index (κ1) is 16.9. The highest BCUT2D eigenvalue weighted by Gasteiger charge is 2.33. The second-order valence-corrected chi connectivity index (χ2v) is 7.88. The average Bonchev–Trinajstić information content (AvgIpc) is 2.47. The molecule has 0 amide bonds.